The van der Waals surface area contributed by atoms with Crippen LogP contribution in [0, 0.1) is 5.92 Å². The second kappa shape index (κ2) is 5.74. The number of nitrogens with two attached hydrogens (primary N) is 1. The fraction of sp³-hybridized carbons (Fsp3) is 0.818. The van der Waals surface area contributed by atoms with Crippen LogP contribution in [0.15, 0.2) is 11.1 Å². The first-order chi connectivity index (χ1) is 6.67. The Morgan fingerprint density at radius 3 is 2.93 bits per heavy atom. The van der Waals surface area contributed by atoms with Crippen LogP contribution in [0.1, 0.15) is 26.7 Å². The molecule has 0 saturated carbocycles. The molecule has 0 amide bonds. The van der Waals surface area contributed by atoms with E-state index in [4.69, 9.17) is 17.3 Å². The van der Waals surface area contributed by atoms with E-state index < -0.39 is 0 Å². The summed E-state index contributed by atoms with van der Waals surface area (Å²) in [4.78, 5) is 2.45. The summed E-state index contributed by atoms with van der Waals surface area (Å²) in [6.07, 6.45) is 2.51. The molecule has 0 spiro atoms. The van der Waals surface area contributed by atoms with Gasteiger partial charge in [-0.05, 0) is 37.8 Å². The van der Waals surface area contributed by atoms with E-state index in [1.165, 1.54) is 18.4 Å². The minimum absolute atomic E-state index is 0.547. The van der Waals surface area contributed by atoms with E-state index in [1.807, 2.05) is 0 Å². The highest BCUT2D eigenvalue weighted by Crippen LogP contribution is 2.22. The van der Waals surface area contributed by atoms with Gasteiger partial charge >= 0.3 is 0 Å². The van der Waals surface area contributed by atoms with E-state index in [0.717, 1.165) is 25.6 Å². The molecule has 0 aromatic rings. The SMILES string of the molecule is CC(=CCl)CN1CCC(C)CC1CN. The van der Waals surface area contributed by atoms with Gasteiger partial charge in [0.2, 0.25) is 0 Å². The summed E-state index contributed by atoms with van der Waals surface area (Å²) in [5.41, 5.74) is 8.67. The van der Waals surface area contributed by atoms with E-state index in [1.54, 1.807) is 5.54 Å². The van der Waals surface area contributed by atoms with Gasteiger partial charge in [-0.3, -0.25) is 4.90 Å². The molecule has 2 unspecified atom stereocenters. The fourth-order valence-electron chi connectivity index (χ4n) is 2.11. The quantitative estimate of drug-likeness (QED) is 0.784. The van der Waals surface area contributed by atoms with Crippen LogP contribution in [0.4, 0.5) is 0 Å². The molecule has 1 aliphatic rings. The Hall–Kier alpha value is -0.0500. The second-order valence-electron chi connectivity index (χ2n) is 4.45. The monoisotopic (exact) mass is 216 g/mol. The van der Waals surface area contributed by atoms with Crippen molar-refractivity contribution < 1.29 is 0 Å². The highest BCUT2D eigenvalue weighted by Gasteiger charge is 2.24. The van der Waals surface area contributed by atoms with Gasteiger partial charge < -0.3 is 5.73 Å². The van der Waals surface area contributed by atoms with Crippen molar-refractivity contribution in [2.45, 2.75) is 32.7 Å². The average Bonchev–Trinajstić information content (AvgIpc) is 2.20. The van der Waals surface area contributed by atoms with Crippen molar-refractivity contribution in [2.75, 3.05) is 19.6 Å². The third-order valence-corrected chi connectivity index (χ3v) is 3.38. The average molecular weight is 217 g/mol. The summed E-state index contributed by atoms with van der Waals surface area (Å²) in [5.74, 6) is 0.820. The van der Waals surface area contributed by atoms with Crippen LogP contribution in [-0.4, -0.2) is 30.6 Å². The summed E-state index contributed by atoms with van der Waals surface area (Å²) in [6.45, 7) is 7.27. The van der Waals surface area contributed by atoms with Crippen molar-refractivity contribution in [3.05, 3.63) is 11.1 Å². The number of piperidine rings is 1. The molecule has 0 aromatic carbocycles. The molecule has 2 nitrogen and oxygen atoms in total. The number of nitrogens with zero attached hydrogens (tertiary/aromatic N) is 1. The summed E-state index contributed by atoms with van der Waals surface area (Å²) in [5, 5.41) is 0. The Morgan fingerprint density at radius 1 is 1.64 bits per heavy atom. The van der Waals surface area contributed by atoms with Crippen LogP contribution in [0.2, 0.25) is 0 Å². The van der Waals surface area contributed by atoms with Gasteiger partial charge in [-0.2, -0.15) is 0 Å². The number of likely N-dealkylation sites (tertiary alicyclic amines) is 1. The summed E-state index contributed by atoms with van der Waals surface area (Å²) in [7, 11) is 0. The van der Waals surface area contributed by atoms with Crippen molar-refractivity contribution in [2.24, 2.45) is 11.7 Å². The molecule has 1 aliphatic heterocycles. The maximum absolute atomic E-state index is 5.78. The maximum Gasteiger partial charge on any atom is 0.0224 e. The highest BCUT2D eigenvalue weighted by atomic mass is 35.5. The molecule has 0 aromatic heterocycles. The van der Waals surface area contributed by atoms with Crippen LogP contribution in [0.25, 0.3) is 0 Å². The van der Waals surface area contributed by atoms with E-state index >= 15 is 0 Å². The van der Waals surface area contributed by atoms with Crippen molar-refractivity contribution in [1.82, 2.24) is 4.90 Å². The highest BCUT2D eigenvalue weighted by molar-refractivity contribution is 6.25. The zero-order chi connectivity index (χ0) is 10.6. The molecule has 0 bridgehead atoms. The molecule has 3 heteroatoms. The normalized spacial score (nSPS) is 30.7. The van der Waals surface area contributed by atoms with Crippen LogP contribution < -0.4 is 5.73 Å². The minimum Gasteiger partial charge on any atom is -0.329 e. The maximum atomic E-state index is 5.78. The Morgan fingerprint density at radius 2 is 2.36 bits per heavy atom. The third kappa shape index (κ3) is 3.26. The van der Waals surface area contributed by atoms with Gasteiger partial charge in [0.05, 0.1) is 0 Å². The standard InChI is InChI=1S/C11H21ClN2/c1-9-3-4-14(8-10(2)6-12)11(5-9)7-13/h6,9,11H,3-5,7-8,13H2,1-2H3. The molecule has 2 atom stereocenters. The molecule has 2 N–H and O–H groups in total. The van der Waals surface area contributed by atoms with E-state index in [2.05, 4.69) is 18.7 Å². The van der Waals surface area contributed by atoms with Gasteiger partial charge in [-0.1, -0.05) is 18.5 Å². The van der Waals surface area contributed by atoms with Crippen molar-refractivity contribution in [3.63, 3.8) is 0 Å². The van der Waals surface area contributed by atoms with Gasteiger partial charge in [-0.15, -0.1) is 0 Å². The number of hydrogen-bond acceptors (Lipinski definition) is 2. The van der Waals surface area contributed by atoms with Crippen LogP contribution >= 0.6 is 11.6 Å². The van der Waals surface area contributed by atoms with Crippen LogP contribution in [0.5, 0.6) is 0 Å². The molecule has 82 valence electrons. The molecule has 0 radical (unpaired) electrons. The lowest BCUT2D eigenvalue weighted by Gasteiger charge is -2.38. The molecule has 1 saturated heterocycles. The van der Waals surface area contributed by atoms with Crippen LogP contribution in [-0.2, 0) is 0 Å². The number of hydrogen-bond donors (Lipinski definition) is 1. The first-order valence-corrected chi connectivity index (χ1v) is 5.81. The van der Waals surface area contributed by atoms with Crippen molar-refractivity contribution in [3.8, 4) is 0 Å². The van der Waals surface area contributed by atoms with Gasteiger partial charge in [0.1, 0.15) is 0 Å². The molecule has 1 rings (SSSR count). The third-order valence-electron chi connectivity index (χ3n) is 3.01. The summed E-state index contributed by atoms with van der Waals surface area (Å²) >= 11 is 5.67. The first kappa shape index (κ1) is 12.0. The smallest absolute Gasteiger partial charge is 0.0224 e. The molecule has 0 aliphatic carbocycles. The Kier molecular flexibility index (Phi) is 4.93. The van der Waals surface area contributed by atoms with Gasteiger partial charge in [-0.25, -0.2) is 0 Å². The van der Waals surface area contributed by atoms with Crippen LogP contribution in [0.3, 0.4) is 0 Å². The van der Waals surface area contributed by atoms with Crippen molar-refractivity contribution >= 4 is 11.6 Å². The zero-order valence-corrected chi connectivity index (χ0v) is 9.93. The summed E-state index contributed by atoms with van der Waals surface area (Å²) < 4.78 is 0. The van der Waals surface area contributed by atoms with E-state index in [0.29, 0.717) is 6.04 Å². The Balaban J connectivity index is 2.50. The largest absolute Gasteiger partial charge is 0.329 e. The molecule has 1 heterocycles. The van der Waals surface area contributed by atoms with E-state index in [9.17, 15) is 0 Å². The lowest BCUT2D eigenvalue weighted by Crippen LogP contribution is -2.46. The lowest BCUT2D eigenvalue weighted by molar-refractivity contribution is 0.134. The van der Waals surface area contributed by atoms with Gasteiger partial charge in [0.15, 0.2) is 0 Å². The van der Waals surface area contributed by atoms with Crippen molar-refractivity contribution in [1.29, 1.82) is 0 Å². The number of rotatable bonds is 3. The van der Waals surface area contributed by atoms with Gasteiger partial charge in [0, 0.05) is 24.7 Å². The fourth-order valence-corrected chi connectivity index (χ4v) is 2.18. The predicted molar refractivity (Wildman–Crippen MR) is 62.4 cm³/mol. The minimum atomic E-state index is 0.547. The zero-order valence-electron chi connectivity index (χ0n) is 9.17. The molecular weight excluding hydrogens is 196 g/mol. The Labute approximate surface area is 92.1 Å². The lowest BCUT2D eigenvalue weighted by atomic mass is 9.92. The molecular formula is C11H21ClN2. The van der Waals surface area contributed by atoms with Gasteiger partial charge in [0.25, 0.3) is 0 Å². The second-order valence-corrected chi connectivity index (χ2v) is 4.66. The topological polar surface area (TPSA) is 29.3 Å². The number of halogens is 1. The predicted octanol–water partition coefficient (Wildman–Crippen LogP) is 2.19. The molecule has 14 heavy (non-hydrogen) atoms. The van der Waals surface area contributed by atoms with E-state index in [-0.39, 0.29) is 0 Å². The molecule has 1 fully saturated rings. The summed E-state index contributed by atoms with van der Waals surface area (Å²) in [6, 6.07) is 0.547. The Bertz CT molecular complexity index is 203. The first-order valence-electron chi connectivity index (χ1n) is 5.37.